The Morgan fingerprint density at radius 1 is 0.963 bits per heavy atom. The van der Waals surface area contributed by atoms with Gasteiger partial charge in [-0.3, -0.25) is 4.79 Å². The molecule has 0 spiro atoms. The summed E-state index contributed by atoms with van der Waals surface area (Å²) in [5, 5.41) is 0. The number of likely N-dealkylation sites (N-methyl/N-ethyl adjacent to an activating group) is 1. The molecule has 0 radical (unpaired) electrons. The number of alkyl halides is 3. The number of halogens is 3. The monoisotopic (exact) mass is 383 g/mol. The quantitative estimate of drug-likeness (QED) is 0.598. The van der Waals surface area contributed by atoms with Gasteiger partial charge in [-0.25, -0.2) is 4.79 Å². The molecule has 9 heteroatoms. The number of amides is 1. The van der Waals surface area contributed by atoms with Crippen molar-refractivity contribution in [3.05, 3.63) is 42.5 Å². The first-order chi connectivity index (χ1) is 12.7. The number of rotatable bonds is 4. The van der Waals surface area contributed by atoms with Crippen molar-refractivity contribution in [3.8, 4) is 22.6 Å². The number of carbonyl (C=O) groups excluding carboxylic acids is 2. The van der Waals surface area contributed by atoms with Crippen LogP contribution in [0.4, 0.5) is 18.9 Å². The van der Waals surface area contributed by atoms with Gasteiger partial charge in [-0.05, 0) is 35.4 Å². The van der Waals surface area contributed by atoms with E-state index in [1.54, 1.807) is 18.2 Å². The zero-order chi connectivity index (χ0) is 20.2. The van der Waals surface area contributed by atoms with Gasteiger partial charge in [0, 0.05) is 7.05 Å². The molecule has 0 N–H and O–H groups in total. The van der Waals surface area contributed by atoms with Crippen LogP contribution < -0.4 is 14.4 Å². The fourth-order valence-electron chi connectivity index (χ4n) is 2.31. The minimum absolute atomic E-state index is 0.293. The standard InChI is InChI=1S/C18H16F3NO5/c1-22(16(23)17(24)26-3)14-10-12(6-9-15(14)25-2)11-4-7-13(8-5-11)27-18(19,20)21/h4-10H,1-3H3. The van der Waals surface area contributed by atoms with Crippen LogP contribution in [0.5, 0.6) is 11.5 Å². The fraction of sp³-hybridized carbons (Fsp3) is 0.222. The molecule has 0 unspecified atom stereocenters. The highest BCUT2D eigenvalue weighted by Crippen LogP contribution is 2.34. The van der Waals surface area contributed by atoms with Gasteiger partial charge >= 0.3 is 18.2 Å². The number of methoxy groups -OCH3 is 2. The Labute approximate surface area is 153 Å². The van der Waals surface area contributed by atoms with Crippen molar-refractivity contribution in [1.82, 2.24) is 0 Å². The number of esters is 1. The zero-order valence-corrected chi connectivity index (χ0v) is 14.7. The summed E-state index contributed by atoms with van der Waals surface area (Å²) in [6, 6.07) is 10.0. The van der Waals surface area contributed by atoms with E-state index in [4.69, 9.17) is 4.74 Å². The van der Waals surface area contributed by atoms with E-state index in [1.165, 1.54) is 38.4 Å². The number of nitrogens with zero attached hydrogens (tertiary/aromatic N) is 1. The lowest BCUT2D eigenvalue weighted by Gasteiger charge is -2.20. The van der Waals surface area contributed by atoms with Crippen molar-refractivity contribution < 1.29 is 37.0 Å². The third-order valence-electron chi connectivity index (χ3n) is 3.63. The molecule has 0 heterocycles. The average molecular weight is 383 g/mol. The molecule has 0 aliphatic rings. The molecule has 0 aliphatic carbocycles. The molecule has 0 aliphatic heterocycles. The molecule has 27 heavy (non-hydrogen) atoms. The SMILES string of the molecule is COC(=O)C(=O)N(C)c1cc(-c2ccc(OC(F)(F)F)cc2)ccc1OC. The summed E-state index contributed by atoms with van der Waals surface area (Å²) in [5.41, 5.74) is 1.46. The van der Waals surface area contributed by atoms with Crippen LogP contribution in [0.2, 0.25) is 0 Å². The Morgan fingerprint density at radius 2 is 1.56 bits per heavy atom. The van der Waals surface area contributed by atoms with Gasteiger partial charge in [0.1, 0.15) is 11.5 Å². The van der Waals surface area contributed by atoms with E-state index in [1.807, 2.05) is 0 Å². The number of hydrogen-bond acceptors (Lipinski definition) is 5. The van der Waals surface area contributed by atoms with Crippen LogP contribution in [0.25, 0.3) is 11.1 Å². The van der Waals surface area contributed by atoms with Crippen molar-refractivity contribution in [2.75, 3.05) is 26.2 Å². The van der Waals surface area contributed by atoms with Gasteiger partial charge in [-0.1, -0.05) is 18.2 Å². The van der Waals surface area contributed by atoms with Crippen molar-refractivity contribution in [2.45, 2.75) is 6.36 Å². The third kappa shape index (κ3) is 4.90. The first-order valence-corrected chi connectivity index (χ1v) is 7.56. The smallest absolute Gasteiger partial charge is 0.495 e. The highest BCUT2D eigenvalue weighted by Gasteiger charge is 2.31. The van der Waals surface area contributed by atoms with Gasteiger partial charge in [0.2, 0.25) is 0 Å². The summed E-state index contributed by atoms with van der Waals surface area (Å²) in [4.78, 5) is 24.6. The number of anilines is 1. The lowest BCUT2D eigenvalue weighted by Crippen LogP contribution is -2.34. The Hall–Kier alpha value is -3.23. The lowest BCUT2D eigenvalue weighted by molar-refractivity contribution is -0.274. The lowest BCUT2D eigenvalue weighted by atomic mass is 10.0. The molecule has 0 aromatic heterocycles. The van der Waals surface area contributed by atoms with Gasteiger partial charge in [0.25, 0.3) is 0 Å². The maximum absolute atomic E-state index is 12.2. The molecular weight excluding hydrogens is 367 g/mol. The van der Waals surface area contributed by atoms with Crippen LogP contribution in [-0.2, 0) is 14.3 Å². The molecular formula is C18H16F3NO5. The first kappa shape index (κ1) is 20.1. The van der Waals surface area contributed by atoms with E-state index in [2.05, 4.69) is 9.47 Å². The molecule has 2 aromatic rings. The number of carbonyl (C=O) groups is 2. The molecule has 0 atom stereocenters. The second-order valence-corrected chi connectivity index (χ2v) is 5.31. The Kier molecular flexibility index (Phi) is 5.94. The molecule has 144 valence electrons. The summed E-state index contributed by atoms with van der Waals surface area (Å²) in [6.45, 7) is 0. The number of benzene rings is 2. The van der Waals surface area contributed by atoms with Crippen LogP contribution >= 0.6 is 0 Å². The van der Waals surface area contributed by atoms with E-state index in [0.717, 1.165) is 12.0 Å². The van der Waals surface area contributed by atoms with Gasteiger partial charge < -0.3 is 19.1 Å². The molecule has 0 saturated heterocycles. The molecule has 0 fully saturated rings. The second kappa shape index (κ2) is 7.98. The van der Waals surface area contributed by atoms with E-state index in [0.29, 0.717) is 22.6 Å². The fourth-order valence-corrected chi connectivity index (χ4v) is 2.31. The minimum atomic E-state index is -4.77. The molecule has 6 nitrogen and oxygen atoms in total. The van der Waals surface area contributed by atoms with Gasteiger partial charge in [0.15, 0.2) is 0 Å². The number of ether oxygens (including phenoxy) is 3. The van der Waals surface area contributed by atoms with E-state index < -0.39 is 18.2 Å². The average Bonchev–Trinajstić information content (AvgIpc) is 2.65. The third-order valence-corrected chi connectivity index (χ3v) is 3.63. The molecule has 2 aromatic carbocycles. The van der Waals surface area contributed by atoms with Crippen LogP contribution in [0.3, 0.4) is 0 Å². The van der Waals surface area contributed by atoms with Gasteiger partial charge in [-0.15, -0.1) is 13.2 Å². The van der Waals surface area contributed by atoms with E-state index >= 15 is 0 Å². The predicted octanol–water partition coefficient (Wildman–Crippen LogP) is 3.40. The van der Waals surface area contributed by atoms with Crippen molar-refractivity contribution in [1.29, 1.82) is 0 Å². The number of hydrogen-bond donors (Lipinski definition) is 0. The van der Waals surface area contributed by atoms with Crippen LogP contribution in [0, 0.1) is 0 Å². The molecule has 2 rings (SSSR count). The maximum atomic E-state index is 12.2. The largest absolute Gasteiger partial charge is 0.573 e. The Morgan fingerprint density at radius 3 is 2.07 bits per heavy atom. The maximum Gasteiger partial charge on any atom is 0.573 e. The summed E-state index contributed by atoms with van der Waals surface area (Å²) in [7, 11) is 3.87. The summed E-state index contributed by atoms with van der Waals surface area (Å²) in [6.07, 6.45) is -4.77. The van der Waals surface area contributed by atoms with Gasteiger partial charge in [0.05, 0.1) is 19.9 Å². The highest BCUT2D eigenvalue weighted by molar-refractivity contribution is 6.38. The van der Waals surface area contributed by atoms with Crippen molar-refractivity contribution in [3.63, 3.8) is 0 Å². The zero-order valence-electron chi connectivity index (χ0n) is 14.7. The summed E-state index contributed by atoms with van der Waals surface area (Å²) < 4.78 is 50.2. The highest BCUT2D eigenvalue weighted by atomic mass is 19.4. The van der Waals surface area contributed by atoms with E-state index in [9.17, 15) is 22.8 Å². The Bertz CT molecular complexity index is 834. The van der Waals surface area contributed by atoms with E-state index in [-0.39, 0.29) is 5.75 Å². The van der Waals surface area contributed by atoms with Crippen LogP contribution in [0.15, 0.2) is 42.5 Å². The topological polar surface area (TPSA) is 65.1 Å². The Balaban J connectivity index is 2.36. The first-order valence-electron chi connectivity index (χ1n) is 7.56. The molecule has 0 bridgehead atoms. The van der Waals surface area contributed by atoms with Crippen molar-refractivity contribution >= 4 is 17.6 Å². The second-order valence-electron chi connectivity index (χ2n) is 5.31. The minimum Gasteiger partial charge on any atom is -0.495 e. The molecule has 0 saturated carbocycles. The van der Waals surface area contributed by atoms with Gasteiger partial charge in [-0.2, -0.15) is 0 Å². The van der Waals surface area contributed by atoms with Crippen LogP contribution in [0.1, 0.15) is 0 Å². The van der Waals surface area contributed by atoms with Crippen LogP contribution in [-0.4, -0.2) is 39.5 Å². The predicted molar refractivity (Wildman–Crippen MR) is 90.5 cm³/mol. The summed E-state index contributed by atoms with van der Waals surface area (Å²) in [5.74, 6) is -1.96. The molecule has 1 amide bonds. The van der Waals surface area contributed by atoms with Crippen molar-refractivity contribution in [2.24, 2.45) is 0 Å². The normalized spacial score (nSPS) is 10.9. The summed E-state index contributed by atoms with van der Waals surface area (Å²) >= 11 is 0.